The first-order chi connectivity index (χ1) is 9.42. The minimum absolute atomic E-state index is 0.353. The number of halogens is 1. The van der Waals surface area contributed by atoms with Gasteiger partial charge in [0, 0.05) is 25.6 Å². The summed E-state index contributed by atoms with van der Waals surface area (Å²) in [4.78, 5) is 2.16. The third kappa shape index (κ3) is 3.72. The second-order valence-corrected chi connectivity index (χ2v) is 8.52. The lowest BCUT2D eigenvalue weighted by Gasteiger charge is -2.07. The van der Waals surface area contributed by atoms with Crippen LogP contribution in [-0.2, 0) is 16.6 Å². The minimum Gasteiger partial charge on any atom is -0.315 e. The van der Waals surface area contributed by atoms with Gasteiger partial charge in [0.05, 0.1) is 0 Å². The Morgan fingerprint density at radius 1 is 1.30 bits per heavy atom. The fraction of sp³-hybridized carbons (Fsp3) is 0.231. The van der Waals surface area contributed by atoms with E-state index < -0.39 is 10.0 Å². The Balaban J connectivity index is 2.30. The van der Waals surface area contributed by atoms with Gasteiger partial charge in [0.25, 0.3) is 10.0 Å². The van der Waals surface area contributed by atoms with Crippen LogP contribution in [0.15, 0.2) is 35.2 Å². The lowest BCUT2D eigenvalue weighted by atomic mass is 10.3. The summed E-state index contributed by atoms with van der Waals surface area (Å²) in [5.41, 5.74) is 0.581. The topological polar surface area (TPSA) is 58.2 Å². The zero-order valence-electron chi connectivity index (χ0n) is 11.1. The molecule has 0 unspecified atom stereocenters. The van der Waals surface area contributed by atoms with E-state index in [2.05, 4.69) is 32.6 Å². The molecule has 1 aromatic carbocycles. The van der Waals surface area contributed by atoms with Crippen LogP contribution in [0.4, 0.5) is 5.69 Å². The van der Waals surface area contributed by atoms with E-state index in [1.165, 1.54) is 11.3 Å². The summed E-state index contributed by atoms with van der Waals surface area (Å²) in [6.07, 6.45) is 0. The number of hydrogen-bond acceptors (Lipinski definition) is 4. The maximum atomic E-state index is 12.4. The highest BCUT2D eigenvalue weighted by atomic mass is 127. The zero-order valence-corrected chi connectivity index (χ0v) is 14.9. The Kier molecular flexibility index (Phi) is 5.05. The molecule has 0 saturated heterocycles. The SMILES string of the molecule is CNCc1cc(S(=O)(=O)Nc2cccc(I)c2)c(C)s1. The van der Waals surface area contributed by atoms with Crippen molar-refractivity contribution in [3.8, 4) is 0 Å². The molecule has 2 aromatic rings. The van der Waals surface area contributed by atoms with E-state index in [-0.39, 0.29) is 0 Å². The standard InChI is InChI=1S/C13H15IN2O2S2/c1-9-13(7-12(19-9)8-15-2)20(17,18)16-11-5-3-4-10(14)6-11/h3-7,15-16H,8H2,1-2H3. The average Bonchev–Trinajstić information content (AvgIpc) is 2.71. The van der Waals surface area contributed by atoms with E-state index in [4.69, 9.17) is 0 Å². The van der Waals surface area contributed by atoms with Crippen molar-refractivity contribution in [2.75, 3.05) is 11.8 Å². The van der Waals surface area contributed by atoms with Crippen LogP contribution in [0.1, 0.15) is 9.75 Å². The largest absolute Gasteiger partial charge is 0.315 e. The molecule has 4 nitrogen and oxygen atoms in total. The van der Waals surface area contributed by atoms with Gasteiger partial charge in [0.1, 0.15) is 4.90 Å². The van der Waals surface area contributed by atoms with E-state index in [0.29, 0.717) is 17.1 Å². The fourth-order valence-electron chi connectivity index (χ4n) is 1.81. The van der Waals surface area contributed by atoms with E-state index in [0.717, 1.165) is 13.3 Å². The molecule has 7 heteroatoms. The summed E-state index contributed by atoms with van der Waals surface area (Å²) >= 11 is 3.65. The molecule has 0 spiro atoms. The Morgan fingerprint density at radius 2 is 2.05 bits per heavy atom. The van der Waals surface area contributed by atoms with E-state index in [1.54, 1.807) is 18.2 Å². The first-order valence-electron chi connectivity index (χ1n) is 5.94. The second-order valence-electron chi connectivity index (χ2n) is 4.28. The summed E-state index contributed by atoms with van der Waals surface area (Å²) in [5.74, 6) is 0. The quantitative estimate of drug-likeness (QED) is 0.728. The van der Waals surface area contributed by atoms with Gasteiger partial charge >= 0.3 is 0 Å². The predicted molar refractivity (Wildman–Crippen MR) is 91.8 cm³/mol. The number of aryl methyl sites for hydroxylation is 1. The molecule has 0 aliphatic carbocycles. The third-order valence-electron chi connectivity index (χ3n) is 2.64. The van der Waals surface area contributed by atoms with Gasteiger partial charge in [-0.2, -0.15) is 0 Å². The molecule has 2 N–H and O–H groups in total. The van der Waals surface area contributed by atoms with Crippen LogP contribution < -0.4 is 10.0 Å². The predicted octanol–water partition coefficient (Wildman–Crippen LogP) is 3.18. The number of sulfonamides is 1. The van der Waals surface area contributed by atoms with Crippen LogP contribution in [0.2, 0.25) is 0 Å². The van der Waals surface area contributed by atoms with Crippen molar-refractivity contribution in [3.63, 3.8) is 0 Å². The van der Waals surface area contributed by atoms with Crippen LogP contribution in [-0.4, -0.2) is 15.5 Å². The Hall–Kier alpha value is -0.640. The Labute approximate surface area is 136 Å². The van der Waals surface area contributed by atoms with Crippen molar-refractivity contribution in [3.05, 3.63) is 43.7 Å². The van der Waals surface area contributed by atoms with Crippen LogP contribution >= 0.6 is 33.9 Å². The highest BCUT2D eigenvalue weighted by Gasteiger charge is 2.20. The number of nitrogens with one attached hydrogen (secondary N) is 2. The van der Waals surface area contributed by atoms with E-state index in [1.807, 2.05) is 26.1 Å². The van der Waals surface area contributed by atoms with E-state index in [9.17, 15) is 8.42 Å². The molecule has 20 heavy (non-hydrogen) atoms. The smallest absolute Gasteiger partial charge is 0.263 e. The normalized spacial score (nSPS) is 11.6. The van der Waals surface area contributed by atoms with Gasteiger partial charge in [-0.25, -0.2) is 8.42 Å². The molecule has 0 radical (unpaired) electrons. The number of thiophene rings is 1. The van der Waals surface area contributed by atoms with Crippen molar-refractivity contribution >= 4 is 49.6 Å². The Bertz CT molecular complexity index is 711. The molecule has 0 aliphatic rings. The van der Waals surface area contributed by atoms with Gasteiger partial charge in [0.15, 0.2) is 0 Å². The monoisotopic (exact) mass is 422 g/mol. The van der Waals surface area contributed by atoms with Crippen LogP contribution in [0.3, 0.4) is 0 Å². The molecule has 0 amide bonds. The van der Waals surface area contributed by atoms with Crippen molar-refractivity contribution in [2.24, 2.45) is 0 Å². The summed E-state index contributed by atoms with van der Waals surface area (Å²) < 4.78 is 28.5. The van der Waals surface area contributed by atoms with Crippen LogP contribution in [0.5, 0.6) is 0 Å². The molecule has 0 aliphatic heterocycles. The van der Waals surface area contributed by atoms with Gasteiger partial charge in [0.2, 0.25) is 0 Å². The maximum absolute atomic E-state index is 12.4. The number of rotatable bonds is 5. The van der Waals surface area contributed by atoms with Crippen molar-refractivity contribution in [1.29, 1.82) is 0 Å². The van der Waals surface area contributed by atoms with Gasteiger partial charge in [-0.05, 0) is 60.8 Å². The van der Waals surface area contributed by atoms with Crippen LogP contribution in [0, 0.1) is 10.5 Å². The van der Waals surface area contributed by atoms with Gasteiger partial charge in [-0.15, -0.1) is 11.3 Å². The molecular formula is C13H15IN2O2S2. The molecule has 0 fully saturated rings. The van der Waals surface area contributed by atoms with Crippen molar-refractivity contribution in [1.82, 2.24) is 5.32 Å². The van der Waals surface area contributed by atoms with Crippen molar-refractivity contribution in [2.45, 2.75) is 18.4 Å². The van der Waals surface area contributed by atoms with Gasteiger partial charge in [-0.3, -0.25) is 4.72 Å². The molecule has 0 bridgehead atoms. The first kappa shape index (κ1) is 15.7. The average molecular weight is 422 g/mol. The molecule has 108 valence electrons. The summed E-state index contributed by atoms with van der Waals surface area (Å²) in [6.45, 7) is 2.50. The molecule has 1 heterocycles. The molecule has 0 atom stereocenters. The minimum atomic E-state index is -3.53. The number of anilines is 1. The number of hydrogen-bond donors (Lipinski definition) is 2. The zero-order chi connectivity index (χ0) is 14.8. The Morgan fingerprint density at radius 3 is 2.70 bits per heavy atom. The lowest BCUT2D eigenvalue weighted by molar-refractivity contribution is 0.601. The second kappa shape index (κ2) is 6.42. The molecule has 0 saturated carbocycles. The summed E-state index contributed by atoms with van der Waals surface area (Å²) in [7, 11) is -1.69. The maximum Gasteiger partial charge on any atom is 0.263 e. The van der Waals surface area contributed by atoms with E-state index >= 15 is 0 Å². The summed E-state index contributed by atoms with van der Waals surface area (Å²) in [6, 6.07) is 9.02. The number of benzene rings is 1. The molecule has 2 rings (SSSR count). The highest BCUT2D eigenvalue weighted by Crippen LogP contribution is 2.27. The molecule has 1 aromatic heterocycles. The van der Waals surface area contributed by atoms with Crippen LogP contribution in [0.25, 0.3) is 0 Å². The van der Waals surface area contributed by atoms with Crippen molar-refractivity contribution < 1.29 is 8.42 Å². The van der Waals surface area contributed by atoms with Gasteiger partial charge < -0.3 is 5.32 Å². The molecular weight excluding hydrogens is 407 g/mol. The van der Waals surface area contributed by atoms with Gasteiger partial charge in [-0.1, -0.05) is 6.07 Å². The third-order valence-corrected chi connectivity index (χ3v) is 6.00. The highest BCUT2D eigenvalue weighted by molar-refractivity contribution is 14.1. The fourth-order valence-corrected chi connectivity index (χ4v) is 5.06. The summed E-state index contributed by atoms with van der Waals surface area (Å²) in [5, 5.41) is 3.03. The lowest BCUT2D eigenvalue weighted by Crippen LogP contribution is -2.13. The first-order valence-corrected chi connectivity index (χ1v) is 9.32.